The quantitative estimate of drug-likeness (QED) is 0.391. The molecule has 0 aliphatic heterocycles. The number of amides is 2. The highest BCUT2D eigenvalue weighted by Crippen LogP contribution is 2.15. The lowest BCUT2D eigenvalue weighted by Crippen LogP contribution is -2.17. The number of unbranched alkanes of at least 4 members (excludes halogenated alkanes) is 3. The number of aryl methyl sites for hydroxylation is 2. The van der Waals surface area contributed by atoms with Crippen LogP contribution in [0.3, 0.4) is 0 Å². The first-order valence-electron chi connectivity index (χ1n) is 7.33. The van der Waals surface area contributed by atoms with Gasteiger partial charge in [0, 0.05) is 18.5 Å². The molecule has 2 amide bonds. The zero-order valence-corrected chi connectivity index (χ0v) is 12.7. The number of rotatable bonds is 8. The van der Waals surface area contributed by atoms with Crippen LogP contribution in [-0.4, -0.2) is 17.0 Å². The minimum atomic E-state index is -0.359. The van der Waals surface area contributed by atoms with E-state index >= 15 is 0 Å². The number of hydrogen-bond acceptors (Lipinski definition) is 3. The van der Waals surface area contributed by atoms with Crippen molar-refractivity contribution in [2.75, 3.05) is 5.32 Å². The molecular formula is C16H24N2O3. The molecule has 0 heterocycles. The van der Waals surface area contributed by atoms with E-state index in [0.717, 1.165) is 36.9 Å². The molecule has 0 aliphatic rings. The highest BCUT2D eigenvalue weighted by Gasteiger charge is 2.04. The van der Waals surface area contributed by atoms with Crippen molar-refractivity contribution < 1.29 is 14.8 Å². The molecule has 0 spiro atoms. The zero-order valence-electron chi connectivity index (χ0n) is 12.7. The van der Waals surface area contributed by atoms with Gasteiger partial charge in [0.1, 0.15) is 0 Å². The van der Waals surface area contributed by atoms with Crippen LogP contribution >= 0.6 is 0 Å². The van der Waals surface area contributed by atoms with Crippen molar-refractivity contribution in [2.24, 2.45) is 0 Å². The number of hydrogen-bond donors (Lipinski definition) is 3. The summed E-state index contributed by atoms with van der Waals surface area (Å²) < 4.78 is 0. The van der Waals surface area contributed by atoms with Crippen LogP contribution in [0.4, 0.5) is 5.69 Å². The Morgan fingerprint density at radius 3 is 2.14 bits per heavy atom. The maximum absolute atomic E-state index is 11.8. The molecule has 0 aliphatic carbocycles. The summed E-state index contributed by atoms with van der Waals surface area (Å²) in [5.74, 6) is -0.339. The summed E-state index contributed by atoms with van der Waals surface area (Å²) in [6, 6.07) is 5.88. The van der Waals surface area contributed by atoms with E-state index < -0.39 is 0 Å². The van der Waals surface area contributed by atoms with Crippen LogP contribution in [0.25, 0.3) is 0 Å². The summed E-state index contributed by atoms with van der Waals surface area (Å²) in [5.41, 5.74) is 4.81. The molecule has 5 nitrogen and oxygen atoms in total. The van der Waals surface area contributed by atoms with Crippen molar-refractivity contribution >= 4 is 17.5 Å². The minimum Gasteiger partial charge on any atom is -0.326 e. The average molecular weight is 292 g/mol. The van der Waals surface area contributed by atoms with Gasteiger partial charge in [-0.15, -0.1) is 0 Å². The van der Waals surface area contributed by atoms with Gasteiger partial charge in [0.15, 0.2) is 0 Å². The van der Waals surface area contributed by atoms with Crippen molar-refractivity contribution in [3.8, 4) is 0 Å². The van der Waals surface area contributed by atoms with E-state index in [1.54, 1.807) is 5.48 Å². The zero-order chi connectivity index (χ0) is 15.7. The van der Waals surface area contributed by atoms with Gasteiger partial charge >= 0.3 is 0 Å². The second-order valence-corrected chi connectivity index (χ2v) is 5.30. The average Bonchev–Trinajstić information content (AvgIpc) is 2.46. The first kappa shape index (κ1) is 17.2. The van der Waals surface area contributed by atoms with Crippen LogP contribution < -0.4 is 10.8 Å². The maximum Gasteiger partial charge on any atom is 0.243 e. The second kappa shape index (κ2) is 9.13. The Morgan fingerprint density at radius 1 is 0.952 bits per heavy atom. The molecule has 1 rings (SSSR count). The maximum atomic E-state index is 11.8. The first-order chi connectivity index (χ1) is 10.0. The molecule has 0 radical (unpaired) electrons. The Kier molecular flexibility index (Phi) is 7.46. The molecule has 0 saturated carbocycles. The lowest BCUT2D eigenvalue weighted by atomic mass is 10.1. The molecule has 0 fully saturated rings. The first-order valence-corrected chi connectivity index (χ1v) is 7.33. The number of hydroxylamine groups is 1. The van der Waals surface area contributed by atoms with Gasteiger partial charge in [-0.05, 0) is 49.9 Å². The van der Waals surface area contributed by atoms with Crippen molar-refractivity contribution in [2.45, 2.75) is 52.4 Å². The standard InChI is InChI=1S/C16H24N2O3/c1-12-9-10-14(11-13(12)2)17-15(19)7-5-3-4-6-8-16(20)18-21/h9-11,21H,3-8H2,1-2H3,(H,17,19)(H,18,20). The van der Waals surface area contributed by atoms with Crippen molar-refractivity contribution in [3.63, 3.8) is 0 Å². The van der Waals surface area contributed by atoms with Gasteiger partial charge in [-0.1, -0.05) is 18.9 Å². The van der Waals surface area contributed by atoms with Crippen LogP contribution in [0.2, 0.25) is 0 Å². The molecule has 1 aromatic rings. The fourth-order valence-electron chi connectivity index (χ4n) is 2.02. The van der Waals surface area contributed by atoms with Crippen LogP contribution in [-0.2, 0) is 9.59 Å². The lowest BCUT2D eigenvalue weighted by Gasteiger charge is -2.07. The topological polar surface area (TPSA) is 78.4 Å². The van der Waals surface area contributed by atoms with Crippen molar-refractivity contribution in [1.82, 2.24) is 5.48 Å². The summed E-state index contributed by atoms with van der Waals surface area (Å²) in [6.45, 7) is 4.06. The summed E-state index contributed by atoms with van der Waals surface area (Å²) in [7, 11) is 0. The van der Waals surface area contributed by atoms with E-state index in [-0.39, 0.29) is 11.8 Å². The van der Waals surface area contributed by atoms with Gasteiger partial charge in [-0.2, -0.15) is 0 Å². The monoisotopic (exact) mass is 292 g/mol. The van der Waals surface area contributed by atoms with Gasteiger partial charge in [0.25, 0.3) is 0 Å². The van der Waals surface area contributed by atoms with Crippen LogP contribution in [0.15, 0.2) is 18.2 Å². The number of carbonyl (C=O) groups is 2. The molecule has 0 saturated heterocycles. The molecular weight excluding hydrogens is 268 g/mol. The highest BCUT2D eigenvalue weighted by atomic mass is 16.5. The molecule has 1 aromatic carbocycles. The molecule has 116 valence electrons. The largest absolute Gasteiger partial charge is 0.326 e. The minimum absolute atomic E-state index is 0.0198. The Labute approximate surface area is 125 Å². The number of anilines is 1. The van der Waals surface area contributed by atoms with E-state index in [1.807, 2.05) is 32.0 Å². The van der Waals surface area contributed by atoms with E-state index in [1.165, 1.54) is 5.56 Å². The Balaban J connectivity index is 2.16. The lowest BCUT2D eigenvalue weighted by molar-refractivity contribution is -0.129. The fourth-order valence-corrected chi connectivity index (χ4v) is 2.02. The normalized spacial score (nSPS) is 10.2. The second-order valence-electron chi connectivity index (χ2n) is 5.30. The summed E-state index contributed by atoms with van der Waals surface area (Å²) >= 11 is 0. The summed E-state index contributed by atoms with van der Waals surface area (Å²) in [5, 5.41) is 11.2. The number of carbonyl (C=O) groups excluding carboxylic acids is 2. The Hall–Kier alpha value is -1.88. The molecule has 0 bridgehead atoms. The molecule has 0 aromatic heterocycles. The van der Waals surface area contributed by atoms with Gasteiger partial charge in [0.2, 0.25) is 11.8 Å². The van der Waals surface area contributed by atoms with E-state index in [4.69, 9.17) is 5.21 Å². The van der Waals surface area contributed by atoms with Crippen LogP contribution in [0.1, 0.15) is 49.7 Å². The molecule has 5 heteroatoms. The third kappa shape index (κ3) is 6.90. The third-order valence-corrected chi connectivity index (χ3v) is 3.47. The van der Waals surface area contributed by atoms with Gasteiger partial charge < -0.3 is 5.32 Å². The third-order valence-electron chi connectivity index (χ3n) is 3.47. The SMILES string of the molecule is Cc1ccc(NC(=O)CCCCCCC(=O)NO)cc1C. The van der Waals surface area contributed by atoms with E-state index in [9.17, 15) is 9.59 Å². The Bertz CT molecular complexity index is 486. The predicted octanol–water partition coefficient (Wildman–Crippen LogP) is 3.09. The molecule has 0 atom stereocenters. The summed E-state index contributed by atoms with van der Waals surface area (Å²) in [6.07, 6.45) is 4.12. The smallest absolute Gasteiger partial charge is 0.243 e. The van der Waals surface area contributed by atoms with Gasteiger partial charge in [-0.25, -0.2) is 5.48 Å². The Morgan fingerprint density at radius 2 is 1.57 bits per heavy atom. The molecule has 0 unspecified atom stereocenters. The van der Waals surface area contributed by atoms with E-state index in [2.05, 4.69) is 5.32 Å². The number of nitrogens with one attached hydrogen (secondary N) is 2. The van der Waals surface area contributed by atoms with Gasteiger partial charge in [0.05, 0.1) is 0 Å². The summed E-state index contributed by atoms with van der Waals surface area (Å²) in [4.78, 5) is 22.6. The van der Waals surface area contributed by atoms with Gasteiger partial charge in [-0.3, -0.25) is 14.8 Å². The predicted molar refractivity (Wildman–Crippen MR) is 82.2 cm³/mol. The number of benzene rings is 1. The fraction of sp³-hybridized carbons (Fsp3) is 0.500. The molecule has 3 N–H and O–H groups in total. The van der Waals surface area contributed by atoms with Crippen LogP contribution in [0, 0.1) is 13.8 Å². The van der Waals surface area contributed by atoms with Crippen molar-refractivity contribution in [3.05, 3.63) is 29.3 Å². The highest BCUT2D eigenvalue weighted by molar-refractivity contribution is 5.90. The molecule has 21 heavy (non-hydrogen) atoms. The van der Waals surface area contributed by atoms with E-state index in [0.29, 0.717) is 12.8 Å². The van der Waals surface area contributed by atoms with Crippen molar-refractivity contribution in [1.29, 1.82) is 0 Å². The van der Waals surface area contributed by atoms with Crippen LogP contribution in [0.5, 0.6) is 0 Å².